The summed E-state index contributed by atoms with van der Waals surface area (Å²) >= 11 is 2.32. The first-order valence-electron chi connectivity index (χ1n) is 4.37. The third-order valence-electron chi connectivity index (χ3n) is 2.39. The summed E-state index contributed by atoms with van der Waals surface area (Å²) in [5.41, 5.74) is 0. The van der Waals surface area contributed by atoms with E-state index in [9.17, 15) is 4.79 Å². The molecule has 0 spiro atoms. The summed E-state index contributed by atoms with van der Waals surface area (Å²) in [5, 5.41) is 0. The minimum atomic E-state index is -0.0263. The summed E-state index contributed by atoms with van der Waals surface area (Å²) in [6, 6.07) is 0. The molecule has 0 aliphatic carbocycles. The van der Waals surface area contributed by atoms with Crippen molar-refractivity contribution in [2.75, 3.05) is 0 Å². The molecule has 0 amide bonds. The summed E-state index contributed by atoms with van der Waals surface area (Å²) in [7, 11) is 0. The van der Waals surface area contributed by atoms with Crippen LogP contribution in [0.25, 0.3) is 0 Å². The van der Waals surface area contributed by atoms with E-state index in [-0.39, 0.29) is 18.0 Å². The number of hydrogen-bond donors (Lipinski definition) is 0. The zero-order valence-electron chi connectivity index (χ0n) is 7.71. The Labute approximate surface area is 87.2 Å². The van der Waals surface area contributed by atoms with Crippen molar-refractivity contribution in [3.8, 4) is 0 Å². The highest BCUT2D eigenvalue weighted by Gasteiger charge is 2.34. The zero-order chi connectivity index (χ0) is 9.30. The largest absolute Gasteiger partial charge is 0.461 e. The maximum atomic E-state index is 11.2. The fourth-order valence-corrected chi connectivity index (χ4v) is 2.56. The van der Waals surface area contributed by atoms with E-state index in [0.29, 0.717) is 9.84 Å². The molecule has 0 aromatic rings. The van der Waals surface area contributed by atoms with Crippen molar-refractivity contribution >= 4 is 28.6 Å². The van der Waals surface area contributed by atoms with Gasteiger partial charge < -0.3 is 4.74 Å². The molecule has 1 aliphatic rings. The molecule has 0 aromatic carbocycles. The van der Waals surface area contributed by atoms with Gasteiger partial charge in [0.05, 0.1) is 5.92 Å². The van der Waals surface area contributed by atoms with Crippen LogP contribution < -0.4 is 0 Å². The summed E-state index contributed by atoms with van der Waals surface area (Å²) in [6.07, 6.45) is 1.09. The van der Waals surface area contributed by atoms with Crippen LogP contribution in [0.5, 0.6) is 0 Å². The standard InChI is InChI=1S/C9H15IO2/c1-5-4-6(2)9(11)12-8(5)7(3)10/h5-8H,4H2,1-3H3/t5-,6+,7-,8+/m0/s1. The van der Waals surface area contributed by atoms with Crippen LogP contribution in [0.4, 0.5) is 0 Å². The molecule has 0 bridgehead atoms. The topological polar surface area (TPSA) is 26.3 Å². The van der Waals surface area contributed by atoms with E-state index in [1.54, 1.807) is 0 Å². The molecule has 70 valence electrons. The van der Waals surface area contributed by atoms with E-state index in [1.807, 2.05) is 6.92 Å². The fraction of sp³-hybridized carbons (Fsp3) is 0.889. The van der Waals surface area contributed by atoms with Crippen LogP contribution in [0, 0.1) is 11.8 Å². The number of esters is 1. The first-order chi connectivity index (χ1) is 5.52. The van der Waals surface area contributed by atoms with Gasteiger partial charge in [-0.3, -0.25) is 4.79 Å². The van der Waals surface area contributed by atoms with Gasteiger partial charge in [0.2, 0.25) is 0 Å². The van der Waals surface area contributed by atoms with Gasteiger partial charge in [-0.1, -0.05) is 36.4 Å². The van der Waals surface area contributed by atoms with Crippen LogP contribution in [-0.4, -0.2) is 16.0 Å². The Bertz CT molecular complexity index is 179. The highest BCUT2D eigenvalue weighted by Crippen LogP contribution is 2.29. The first kappa shape index (κ1) is 10.3. The number of rotatable bonds is 1. The van der Waals surface area contributed by atoms with Crippen LogP contribution in [-0.2, 0) is 9.53 Å². The lowest BCUT2D eigenvalue weighted by atomic mass is 9.89. The molecule has 0 N–H and O–H groups in total. The molecule has 1 heterocycles. The second-order valence-corrected chi connectivity index (χ2v) is 5.66. The van der Waals surface area contributed by atoms with Gasteiger partial charge >= 0.3 is 5.97 Å². The Hall–Kier alpha value is 0.200. The van der Waals surface area contributed by atoms with Gasteiger partial charge in [-0.25, -0.2) is 0 Å². The van der Waals surface area contributed by atoms with Gasteiger partial charge in [0.1, 0.15) is 6.10 Å². The van der Waals surface area contributed by atoms with Crippen LogP contribution in [0.1, 0.15) is 27.2 Å². The molecule has 12 heavy (non-hydrogen) atoms. The molecule has 0 saturated carbocycles. The minimum absolute atomic E-state index is 0.0263. The number of hydrogen-bond acceptors (Lipinski definition) is 2. The lowest BCUT2D eigenvalue weighted by Crippen LogP contribution is -2.40. The van der Waals surface area contributed by atoms with Crippen LogP contribution in [0.15, 0.2) is 0 Å². The molecule has 1 rings (SSSR count). The Morgan fingerprint density at radius 2 is 2.17 bits per heavy atom. The predicted octanol–water partition coefficient (Wildman–Crippen LogP) is 2.40. The van der Waals surface area contributed by atoms with Gasteiger partial charge in [0, 0.05) is 3.92 Å². The maximum absolute atomic E-state index is 11.2. The van der Waals surface area contributed by atoms with Crippen molar-refractivity contribution < 1.29 is 9.53 Å². The zero-order valence-corrected chi connectivity index (χ0v) is 9.87. The summed E-state index contributed by atoms with van der Waals surface area (Å²) < 4.78 is 5.74. The van der Waals surface area contributed by atoms with Gasteiger partial charge in [-0.15, -0.1) is 0 Å². The van der Waals surface area contributed by atoms with Crippen molar-refractivity contribution in [3.05, 3.63) is 0 Å². The second kappa shape index (κ2) is 3.94. The van der Waals surface area contributed by atoms with E-state index in [0.717, 1.165) is 6.42 Å². The number of ether oxygens (including phenoxy) is 1. The minimum Gasteiger partial charge on any atom is -0.461 e. The quantitative estimate of drug-likeness (QED) is 0.419. The van der Waals surface area contributed by atoms with E-state index >= 15 is 0 Å². The van der Waals surface area contributed by atoms with Crippen molar-refractivity contribution in [3.63, 3.8) is 0 Å². The summed E-state index contributed by atoms with van der Waals surface area (Å²) in [5.74, 6) is 0.567. The first-order valence-corrected chi connectivity index (χ1v) is 5.61. The average molecular weight is 282 g/mol. The van der Waals surface area contributed by atoms with Crippen LogP contribution in [0.2, 0.25) is 0 Å². The average Bonchev–Trinajstić information content (AvgIpc) is 1.96. The molecule has 3 heteroatoms. The number of carbonyl (C=O) groups is 1. The van der Waals surface area contributed by atoms with Crippen LogP contribution >= 0.6 is 22.6 Å². The Morgan fingerprint density at radius 3 is 2.67 bits per heavy atom. The molecule has 0 aromatic heterocycles. The fourth-order valence-electron chi connectivity index (χ4n) is 1.70. The molecule has 0 radical (unpaired) electrons. The third kappa shape index (κ3) is 2.12. The molecule has 1 fully saturated rings. The van der Waals surface area contributed by atoms with Gasteiger partial charge in [0.15, 0.2) is 0 Å². The second-order valence-electron chi connectivity index (χ2n) is 3.69. The highest BCUT2D eigenvalue weighted by molar-refractivity contribution is 14.1. The lowest BCUT2D eigenvalue weighted by Gasteiger charge is -2.33. The summed E-state index contributed by atoms with van der Waals surface area (Å²) in [4.78, 5) is 11.2. The number of alkyl halides is 1. The van der Waals surface area contributed by atoms with E-state index < -0.39 is 0 Å². The Kier molecular flexibility index (Phi) is 3.37. The van der Waals surface area contributed by atoms with Crippen molar-refractivity contribution in [1.82, 2.24) is 0 Å². The molecule has 4 atom stereocenters. The van der Waals surface area contributed by atoms with E-state index in [2.05, 4.69) is 36.4 Å². The smallest absolute Gasteiger partial charge is 0.308 e. The van der Waals surface area contributed by atoms with Crippen molar-refractivity contribution in [2.45, 2.75) is 37.2 Å². The van der Waals surface area contributed by atoms with Crippen molar-refractivity contribution in [2.24, 2.45) is 11.8 Å². The Balaban J connectivity index is 2.61. The molecular weight excluding hydrogens is 267 g/mol. The number of cyclic esters (lactones) is 1. The van der Waals surface area contributed by atoms with Gasteiger partial charge in [-0.2, -0.15) is 0 Å². The molecule has 2 nitrogen and oxygen atoms in total. The molecular formula is C9H15IO2. The maximum Gasteiger partial charge on any atom is 0.308 e. The predicted molar refractivity (Wildman–Crippen MR) is 56.3 cm³/mol. The molecule has 0 unspecified atom stereocenters. The monoisotopic (exact) mass is 282 g/mol. The summed E-state index contributed by atoms with van der Waals surface area (Å²) in [6.45, 7) is 6.18. The van der Waals surface area contributed by atoms with Gasteiger partial charge in [0.25, 0.3) is 0 Å². The SMILES string of the molecule is C[C@@H]1C[C@H](C)[C@H]([C@H](C)I)OC1=O. The van der Waals surface area contributed by atoms with Gasteiger partial charge in [-0.05, 0) is 19.3 Å². The Morgan fingerprint density at radius 1 is 1.58 bits per heavy atom. The van der Waals surface area contributed by atoms with Crippen LogP contribution in [0.3, 0.4) is 0 Å². The number of carbonyl (C=O) groups excluding carboxylic acids is 1. The van der Waals surface area contributed by atoms with Crippen molar-refractivity contribution in [1.29, 1.82) is 0 Å². The lowest BCUT2D eigenvalue weighted by molar-refractivity contribution is -0.163. The number of halogens is 1. The third-order valence-corrected chi connectivity index (χ3v) is 3.10. The normalized spacial score (nSPS) is 39.0. The molecule has 1 saturated heterocycles. The highest BCUT2D eigenvalue weighted by atomic mass is 127. The molecule has 1 aliphatic heterocycles. The van der Waals surface area contributed by atoms with E-state index in [1.165, 1.54) is 0 Å². The van der Waals surface area contributed by atoms with E-state index in [4.69, 9.17) is 4.74 Å².